The molecule has 25 heavy (non-hydrogen) atoms. The second-order valence-electron chi connectivity index (χ2n) is 5.84. The molecule has 0 aliphatic carbocycles. The fourth-order valence-corrected chi connectivity index (χ4v) is 2.50. The Morgan fingerprint density at radius 2 is 1.96 bits per heavy atom. The predicted octanol–water partition coefficient (Wildman–Crippen LogP) is 2.31. The maximum absolute atomic E-state index is 12.9. The average Bonchev–Trinajstić information content (AvgIpc) is 3.13. The molecule has 3 aromatic rings. The summed E-state index contributed by atoms with van der Waals surface area (Å²) in [4.78, 5) is 16.1. The Morgan fingerprint density at radius 1 is 1.20 bits per heavy atom. The highest BCUT2D eigenvalue weighted by Crippen LogP contribution is 2.07. The van der Waals surface area contributed by atoms with Gasteiger partial charge in [-0.15, -0.1) is 5.10 Å². The van der Waals surface area contributed by atoms with Crippen molar-refractivity contribution in [2.24, 2.45) is 0 Å². The molecule has 0 aliphatic rings. The van der Waals surface area contributed by atoms with E-state index in [0.717, 1.165) is 17.0 Å². The van der Waals surface area contributed by atoms with Crippen molar-refractivity contribution in [2.75, 3.05) is 5.32 Å². The lowest BCUT2D eigenvalue weighted by Crippen LogP contribution is -2.16. The summed E-state index contributed by atoms with van der Waals surface area (Å²) < 4.78 is 16.3. The summed E-state index contributed by atoms with van der Waals surface area (Å²) in [6.07, 6.45) is 1.81. The van der Waals surface area contributed by atoms with Gasteiger partial charge in [-0.3, -0.25) is 14.8 Å². The second-order valence-corrected chi connectivity index (χ2v) is 5.84. The number of aryl methyl sites for hydroxylation is 3. The van der Waals surface area contributed by atoms with Crippen LogP contribution in [0.15, 0.2) is 36.7 Å². The number of carbonyl (C=O) groups is 1. The van der Waals surface area contributed by atoms with Crippen molar-refractivity contribution < 1.29 is 9.18 Å². The number of nitrogens with zero attached hydrogens (tertiary/aromatic N) is 5. The van der Waals surface area contributed by atoms with Crippen LogP contribution in [0.4, 0.5) is 10.3 Å². The van der Waals surface area contributed by atoms with E-state index in [0.29, 0.717) is 13.1 Å². The van der Waals surface area contributed by atoms with Crippen LogP contribution in [-0.2, 0) is 17.9 Å². The number of benzene rings is 1. The lowest BCUT2D eigenvalue weighted by molar-refractivity contribution is -0.116. The molecule has 0 saturated carbocycles. The lowest BCUT2D eigenvalue weighted by Gasteiger charge is -2.04. The molecule has 0 aliphatic heterocycles. The van der Waals surface area contributed by atoms with Gasteiger partial charge in [0.2, 0.25) is 11.9 Å². The van der Waals surface area contributed by atoms with Gasteiger partial charge in [0.15, 0.2) is 0 Å². The first kappa shape index (κ1) is 16.8. The quantitative estimate of drug-likeness (QED) is 0.746. The Bertz CT molecular complexity index is 868. The van der Waals surface area contributed by atoms with Crippen molar-refractivity contribution in [3.63, 3.8) is 0 Å². The van der Waals surface area contributed by atoms with Crippen LogP contribution in [0.25, 0.3) is 0 Å². The first-order chi connectivity index (χ1) is 12.0. The van der Waals surface area contributed by atoms with Gasteiger partial charge in [-0.2, -0.15) is 5.10 Å². The zero-order valence-electron chi connectivity index (χ0n) is 14.1. The highest BCUT2D eigenvalue weighted by Gasteiger charge is 2.09. The summed E-state index contributed by atoms with van der Waals surface area (Å²) >= 11 is 0. The summed E-state index contributed by atoms with van der Waals surface area (Å²) in [6.45, 7) is 4.83. The van der Waals surface area contributed by atoms with Crippen LogP contribution in [0.3, 0.4) is 0 Å². The molecule has 8 heteroatoms. The minimum Gasteiger partial charge on any atom is -0.293 e. The van der Waals surface area contributed by atoms with Gasteiger partial charge < -0.3 is 0 Å². The molecule has 7 nitrogen and oxygen atoms in total. The van der Waals surface area contributed by atoms with Crippen LogP contribution in [0.2, 0.25) is 0 Å². The van der Waals surface area contributed by atoms with Crippen LogP contribution < -0.4 is 5.32 Å². The molecule has 0 spiro atoms. The van der Waals surface area contributed by atoms with E-state index < -0.39 is 0 Å². The van der Waals surface area contributed by atoms with Crippen molar-refractivity contribution >= 4 is 11.9 Å². The highest BCUT2D eigenvalue weighted by atomic mass is 19.1. The first-order valence-electron chi connectivity index (χ1n) is 7.94. The van der Waals surface area contributed by atoms with Crippen LogP contribution in [0.1, 0.15) is 23.4 Å². The Balaban J connectivity index is 1.53. The second kappa shape index (κ2) is 7.25. The number of hydrogen-bond acceptors (Lipinski definition) is 4. The van der Waals surface area contributed by atoms with E-state index in [-0.39, 0.29) is 24.1 Å². The third-order valence-corrected chi connectivity index (χ3v) is 3.70. The molecule has 0 saturated heterocycles. The minimum absolute atomic E-state index is 0.174. The SMILES string of the molecule is Cc1cc(C)n(CCC(=O)Nc2ncn(Cc3ccc(F)cc3)n2)n1. The molecule has 1 aromatic carbocycles. The molecular weight excluding hydrogens is 323 g/mol. The molecule has 0 unspecified atom stereocenters. The van der Waals surface area contributed by atoms with Gasteiger partial charge in [0.05, 0.1) is 12.2 Å². The summed E-state index contributed by atoms with van der Waals surface area (Å²) in [6, 6.07) is 8.13. The van der Waals surface area contributed by atoms with Crippen molar-refractivity contribution in [2.45, 2.75) is 33.4 Å². The summed E-state index contributed by atoms with van der Waals surface area (Å²) in [5.41, 5.74) is 2.85. The van der Waals surface area contributed by atoms with Crippen LogP contribution >= 0.6 is 0 Å². The smallest absolute Gasteiger partial charge is 0.248 e. The molecule has 1 N–H and O–H groups in total. The topological polar surface area (TPSA) is 77.6 Å². The Labute approximate surface area is 144 Å². The van der Waals surface area contributed by atoms with E-state index in [1.807, 2.05) is 19.9 Å². The zero-order chi connectivity index (χ0) is 17.8. The maximum Gasteiger partial charge on any atom is 0.248 e. The van der Waals surface area contributed by atoms with Gasteiger partial charge >= 0.3 is 0 Å². The van der Waals surface area contributed by atoms with E-state index in [1.54, 1.807) is 21.5 Å². The third kappa shape index (κ3) is 4.50. The molecular formula is C17H19FN6O. The number of aromatic nitrogens is 5. The van der Waals surface area contributed by atoms with Gasteiger partial charge in [0.25, 0.3) is 0 Å². The largest absolute Gasteiger partial charge is 0.293 e. The molecule has 2 aromatic heterocycles. The van der Waals surface area contributed by atoms with E-state index in [9.17, 15) is 9.18 Å². The molecule has 130 valence electrons. The number of anilines is 1. The summed E-state index contributed by atoms with van der Waals surface area (Å²) in [7, 11) is 0. The van der Waals surface area contributed by atoms with Crippen molar-refractivity contribution in [3.05, 3.63) is 59.4 Å². The Morgan fingerprint density at radius 3 is 2.64 bits per heavy atom. The summed E-state index contributed by atoms with van der Waals surface area (Å²) in [5, 5.41) is 11.2. The number of amides is 1. The number of halogens is 1. The fraction of sp³-hybridized carbons (Fsp3) is 0.294. The van der Waals surface area contributed by atoms with E-state index in [4.69, 9.17) is 0 Å². The molecule has 2 heterocycles. The Hall–Kier alpha value is -3.03. The van der Waals surface area contributed by atoms with Gasteiger partial charge in [-0.05, 0) is 37.6 Å². The highest BCUT2D eigenvalue weighted by molar-refractivity contribution is 5.88. The molecule has 0 radical (unpaired) electrons. The Kier molecular flexibility index (Phi) is 4.87. The van der Waals surface area contributed by atoms with Crippen LogP contribution in [0, 0.1) is 19.7 Å². The van der Waals surface area contributed by atoms with Crippen LogP contribution in [0.5, 0.6) is 0 Å². The molecule has 0 atom stereocenters. The molecule has 0 bridgehead atoms. The van der Waals surface area contributed by atoms with Crippen LogP contribution in [-0.4, -0.2) is 30.5 Å². The third-order valence-electron chi connectivity index (χ3n) is 3.70. The van der Waals surface area contributed by atoms with E-state index in [2.05, 4.69) is 20.5 Å². The monoisotopic (exact) mass is 342 g/mol. The average molecular weight is 342 g/mol. The fourth-order valence-electron chi connectivity index (χ4n) is 2.50. The maximum atomic E-state index is 12.9. The number of nitrogens with one attached hydrogen (secondary N) is 1. The molecule has 3 rings (SSSR count). The zero-order valence-corrected chi connectivity index (χ0v) is 14.1. The predicted molar refractivity (Wildman–Crippen MR) is 90.5 cm³/mol. The number of rotatable bonds is 6. The normalized spacial score (nSPS) is 10.8. The molecule has 1 amide bonds. The standard InChI is InChI=1S/C17H19FN6O/c1-12-9-13(2)24(21-12)8-7-16(25)20-17-19-11-23(22-17)10-14-3-5-15(18)6-4-14/h3-6,9,11H,7-8,10H2,1-2H3,(H,20,22,25). The van der Waals surface area contributed by atoms with E-state index >= 15 is 0 Å². The van der Waals surface area contributed by atoms with E-state index in [1.165, 1.54) is 18.5 Å². The van der Waals surface area contributed by atoms with Gasteiger partial charge in [0, 0.05) is 18.7 Å². The first-order valence-corrected chi connectivity index (χ1v) is 7.94. The molecule has 0 fully saturated rings. The van der Waals surface area contributed by atoms with Gasteiger partial charge in [-0.1, -0.05) is 12.1 Å². The van der Waals surface area contributed by atoms with Crippen molar-refractivity contribution in [1.82, 2.24) is 24.5 Å². The van der Waals surface area contributed by atoms with Gasteiger partial charge in [0.1, 0.15) is 12.1 Å². The summed E-state index contributed by atoms with van der Waals surface area (Å²) in [5.74, 6) is -0.203. The van der Waals surface area contributed by atoms with Crippen molar-refractivity contribution in [3.8, 4) is 0 Å². The minimum atomic E-state index is -0.280. The van der Waals surface area contributed by atoms with Crippen molar-refractivity contribution in [1.29, 1.82) is 0 Å². The lowest BCUT2D eigenvalue weighted by atomic mass is 10.2. The van der Waals surface area contributed by atoms with Gasteiger partial charge in [-0.25, -0.2) is 14.1 Å². The number of carbonyl (C=O) groups excluding carboxylic acids is 1. The number of hydrogen-bond donors (Lipinski definition) is 1.